The van der Waals surface area contributed by atoms with Crippen LogP contribution in [0.15, 0.2) is 145 Å². The predicted octanol–water partition coefficient (Wildman–Crippen LogP) is 8.83. The van der Waals surface area contributed by atoms with Crippen LogP contribution in [0.3, 0.4) is 0 Å². The third kappa shape index (κ3) is 4.04. The number of nitrogens with zero attached hydrogens (tertiary/aromatic N) is 4. The largest absolute Gasteiger partial charge is 0.318 e. The standard InChI is InChI=1S/C37H26N4/c1-2-13-28-25(9-1)10-6-15-29(28)26-11-5-12-27(23-26)32-16-7-17-33(39-32)34-18-8-20-37(40-34)41-35-19-4-3-14-30(35)31-24-38-22-21-36(31)41/h1-24,31,36H. The second-order valence-corrected chi connectivity index (χ2v) is 10.5. The van der Waals surface area contributed by atoms with Gasteiger partial charge in [0.25, 0.3) is 0 Å². The van der Waals surface area contributed by atoms with Gasteiger partial charge in [-0.3, -0.25) is 4.99 Å². The van der Waals surface area contributed by atoms with Crippen molar-refractivity contribution in [3.8, 4) is 33.8 Å². The molecule has 0 saturated carbocycles. The maximum Gasteiger partial charge on any atom is 0.134 e. The topological polar surface area (TPSA) is 41.4 Å². The summed E-state index contributed by atoms with van der Waals surface area (Å²) in [5.41, 5.74) is 8.57. The van der Waals surface area contributed by atoms with Gasteiger partial charge in [-0.1, -0.05) is 91.0 Å². The van der Waals surface area contributed by atoms with Crippen molar-refractivity contribution in [3.63, 3.8) is 0 Å². The van der Waals surface area contributed by atoms with Crippen LogP contribution in [0.2, 0.25) is 0 Å². The van der Waals surface area contributed by atoms with E-state index in [2.05, 4.69) is 131 Å². The molecule has 4 heteroatoms. The molecule has 0 spiro atoms. The van der Waals surface area contributed by atoms with E-state index in [9.17, 15) is 0 Å². The number of pyridine rings is 2. The Morgan fingerprint density at radius 2 is 1.32 bits per heavy atom. The summed E-state index contributed by atoms with van der Waals surface area (Å²) in [6, 6.07) is 44.7. The second-order valence-electron chi connectivity index (χ2n) is 10.5. The van der Waals surface area contributed by atoms with Gasteiger partial charge >= 0.3 is 0 Å². The molecule has 0 fully saturated rings. The molecule has 2 unspecified atom stereocenters. The van der Waals surface area contributed by atoms with Crippen molar-refractivity contribution in [2.75, 3.05) is 4.90 Å². The number of aromatic nitrogens is 2. The number of benzene rings is 4. The Balaban J connectivity index is 1.16. The molecule has 2 aliphatic rings. The molecule has 194 valence electrons. The highest BCUT2D eigenvalue weighted by Gasteiger charge is 2.38. The number of hydrogen-bond acceptors (Lipinski definition) is 4. The molecule has 2 aromatic heterocycles. The van der Waals surface area contributed by atoms with Crippen molar-refractivity contribution in [1.82, 2.24) is 9.97 Å². The lowest BCUT2D eigenvalue weighted by Crippen LogP contribution is -2.30. The lowest BCUT2D eigenvalue weighted by molar-refractivity contribution is 0.772. The van der Waals surface area contributed by atoms with E-state index in [4.69, 9.17) is 9.97 Å². The van der Waals surface area contributed by atoms with Crippen LogP contribution in [0.5, 0.6) is 0 Å². The number of rotatable bonds is 4. The molecule has 4 heterocycles. The normalized spacial score (nSPS) is 17.0. The van der Waals surface area contributed by atoms with Gasteiger partial charge < -0.3 is 4.90 Å². The van der Waals surface area contributed by atoms with E-state index in [-0.39, 0.29) is 12.0 Å². The fourth-order valence-corrected chi connectivity index (χ4v) is 6.19. The van der Waals surface area contributed by atoms with Crippen LogP contribution in [0.1, 0.15) is 11.5 Å². The maximum atomic E-state index is 5.13. The van der Waals surface area contributed by atoms with E-state index in [1.54, 1.807) is 0 Å². The number of anilines is 2. The summed E-state index contributed by atoms with van der Waals surface area (Å²) in [5, 5.41) is 2.49. The first-order chi connectivity index (χ1) is 20.3. The molecule has 8 rings (SSSR count). The van der Waals surface area contributed by atoms with E-state index in [0.717, 1.165) is 28.5 Å². The summed E-state index contributed by atoms with van der Waals surface area (Å²) >= 11 is 0. The number of aliphatic imine (C=N–C) groups is 1. The SMILES string of the molecule is C1=CC2C(C=N1)c1ccccc1N2c1cccc(-c2cccc(-c3cccc(-c4cccc5ccccc45)c3)n2)n1. The number of para-hydroxylation sites is 1. The molecular weight excluding hydrogens is 500 g/mol. The van der Waals surface area contributed by atoms with Gasteiger partial charge in [-0.15, -0.1) is 0 Å². The van der Waals surface area contributed by atoms with Gasteiger partial charge in [-0.25, -0.2) is 9.97 Å². The molecular formula is C37H26N4. The van der Waals surface area contributed by atoms with Gasteiger partial charge in [0.2, 0.25) is 0 Å². The fourth-order valence-electron chi connectivity index (χ4n) is 6.19. The van der Waals surface area contributed by atoms with Crippen molar-refractivity contribution in [1.29, 1.82) is 0 Å². The third-order valence-electron chi connectivity index (χ3n) is 8.09. The molecule has 4 aromatic carbocycles. The van der Waals surface area contributed by atoms with E-state index < -0.39 is 0 Å². The maximum absolute atomic E-state index is 5.13. The van der Waals surface area contributed by atoms with Crippen LogP contribution in [0.25, 0.3) is 44.5 Å². The Bertz CT molecular complexity index is 1980. The molecule has 2 aliphatic heterocycles. The molecule has 0 amide bonds. The van der Waals surface area contributed by atoms with Crippen molar-refractivity contribution >= 4 is 28.5 Å². The molecule has 0 bridgehead atoms. The van der Waals surface area contributed by atoms with Crippen molar-refractivity contribution in [2.45, 2.75) is 12.0 Å². The van der Waals surface area contributed by atoms with Crippen molar-refractivity contribution in [3.05, 3.63) is 145 Å². The Labute approximate surface area is 239 Å². The minimum absolute atomic E-state index is 0.156. The fraction of sp³-hybridized carbons (Fsp3) is 0.0541. The van der Waals surface area contributed by atoms with E-state index >= 15 is 0 Å². The first-order valence-electron chi connectivity index (χ1n) is 13.9. The number of fused-ring (bicyclic) bond motifs is 4. The lowest BCUT2D eigenvalue weighted by Gasteiger charge is -2.27. The highest BCUT2D eigenvalue weighted by atomic mass is 15.2. The highest BCUT2D eigenvalue weighted by molar-refractivity contribution is 5.97. The molecule has 0 aliphatic carbocycles. The van der Waals surface area contributed by atoms with Crippen LogP contribution in [-0.2, 0) is 0 Å². The zero-order valence-corrected chi connectivity index (χ0v) is 22.3. The zero-order chi connectivity index (χ0) is 27.2. The average molecular weight is 527 g/mol. The van der Waals surface area contributed by atoms with Crippen LogP contribution >= 0.6 is 0 Å². The van der Waals surface area contributed by atoms with Gasteiger partial charge in [0.15, 0.2) is 0 Å². The van der Waals surface area contributed by atoms with Gasteiger partial charge in [0.05, 0.1) is 23.1 Å². The lowest BCUT2D eigenvalue weighted by atomic mass is 9.95. The van der Waals surface area contributed by atoms with Gasteiger partial charge in [-0.05, 0) is 69.9 Å². The monoisotopic (exact) mass is 526 g/mol. The van der Waals surface area contributed by atoms with E-state index in [1.165, 1.54) is 33.2 Å². The van der Waals surface area contributed by atoms with Crippen LogP contribution in [-0.4, -0.2) is 22.2 Å². The predicted molar refractivity (Wildman–Crippen MR) is 169 cm³/mol. The molecule has 2 atom stereocenters. The van der Waals surface area contributed by atoms with Crippen LogP contribution < -0.4 is 4.90 Å². The molecule has 4 nitrogen and oxygen atoms in total. The molecule has 41 heavy (non-hydrogen) atoms. The Kier molecular flexibility index (Phi) is 5.56. The summed E-state index contributed by atoms with van der Waals surface area (Å²) in [7, 11) is 0. The van der Waals surface area contributed by atoms with Crippen LogP contribution in [0, 0.1) is 0 Å². The van der Waals surface area contributed by atoms with Crippen molar-refractivity contribution < 1.29 is 0 Å². The first kappa shape index (κ1) is 23.5. The Morgan fingerprint density at radius 1 is 0.585 bits per heavy atom. The zero-order valence-electron chi connectivity index (χ0n) is 22.3. The molecule has 0 N–H and O–H groups in total. The minimum atomic E-state index is 0.156. The quantitative estimate of drug-likeness (QED) is 0.230. The summed E-state index contributed by atoms with van der Waals surface area (Å²) < 4.78 is 0. The van der Waals surface area contributed by atoms with Crippen molar-refractivity contribution in [2.24, 2.45) is 4.99 Å². The second kappa shape index (κ2) is 9.68. The van der Waals surface area contributed by atoms with Gasteiger partial charge in [-0.2, -0.15) is 0 Å². The summed E-state index contributed by atoms with van der Waals surface area (Å²) in [4.78, 5) is 17.0. The van der Waals surface area contributed by atoms with Gasteiger partial charge in [0.1, 0.15) is 5.82 Å². The number of hydrogen-bond donors (Lipinski definition) is 0. The van der Waals surface area contributed by atoms with E-state index in [1.807, 2.05) is 24.5 Å². The molecule has 0 radical (unpaired) electrons. The minimum Gasteiger partial charge on any atom is -0.318 e. The van der Waals surface area contributed by atoms with Crippen LogP contribution in [0.4, 0.5) is 11.5 Å². The van der Waals surface area contributed by atoms with E-state index in [0.29, 0.717) is 0 Å². The summed E-state index contributed by atoms with van der Waals surface area (Å²) in [5.74, 6) is 1.13. The Hall–Kier alpha value is -5.35. The van der Waals surface area contributed by atoms with Gasteiger partial charge in [0, 0.05) is 29.6 Å². The smallest absolute Gasteiger partial charge is 0.134 e. The molecule has 6 aromatic rings. The first-order valence-corrected chi connectivity index (χ1v) is 13.9. The highest BCUT2D eigenvalue weighted by Crippen LogP contribution is 2.45. The summed E-state index contributed by atoms with van der Waals surface area (Å²) in [6.45, 7) is 0. The Morgan fingerprint density at radius 3 is 2.29 bits per heavy atom. The average Bonchev–Trinajstić information content (AvgIpc) is 3.39. The summed E-state index contributed by atoms with van der Waals surface area (Å²) in [6.07, 6.45) is 6.10. The third-order valence-corrected chi connectivity index (χ3v) is 8.09. The molecule has 0 saturated heterocycles.